The van der Waals surface area contributed by atoms with Gasteiger partial charge in [0.1, 0.15) is 16.8 Å². The van der Waals surface area contributed by atoms with E-state index in [1.165, 1.54) is 25.7 Å². The van der Waals surface area contributed by atoms with E-state index in [0.29, 0.717) is 5.15 Å². The van der Waals surface area contributed by atoms with Crippen molar-refractivity contribution in [1.29, 1.82) is 0 Å². The van der Waals surface area contributed by atoms with Crippen LogP contribution < -0.4 is 5.32 Å². The molecule has 1 aliphatic rings. The van der Waals surface area contributed by atoms with Gasteiger partial charge in [0.2, 0.25) is 0 Å². The summed E-state index contributed by atoms with van der Waals surface area (Å²) in [6, 6.07) is 0. The Kier molecular flexibility index (Phi) is 5.03. The molecule has 1 aromatic heterocycles. The second-order valence-electron chi connectivity index (χ2n) is 5.76. The number of nitrogens with zero attached hydrogens (tertiary/aromatic N) is 2. The summed E-state index contributed by atoms with van der Waals surface area (Å²) in [7, 11) is 0. The maximum Gasteiger partial charge on any atom is 0.137 e. The molecule has 0 amide bonds. The molecule has 0 saturated heterocycles. The van der Waals surface area contributed by atoms with Gasteiger partial charge in [0, 0.05) is 18.5 Å². The first-order chi connectivity index (χ1) is 9.10. The number of halogens is 1. The van der Waals surface area contributed by atoms with Crippen LogP contribution in [0.25, 0.3) is 0 Å². The predicted molar refractivity (Wildman–Crippen MR) is 80.8 cm³/mol. The zero-order valence-electron chi connectivity index (χ0n) is 12.2. The molecule has 0 bridgehead atoms. The zero-order valence-corrected chi connectivity index (χ0v) is 12.9. The SMILES string of the molecule is CCc1nc(Cl)c(C)c(NCC2CCC(C)CC2)n1. The fraction of sp³-hybridized carbons (Fsp3) is 0.733. The summed E-state index contributed by atoms with van der Waals surface area (Å²) in [6.07, 6.45) is 6.18. The lowest BCUT2D eigenvalue weighted by Gasteiger charge is -2.26. The monoisotopic (exact) mass is 281 g/mol. The van der Waals surface area contributed by atoms with Crippen molar-refractivity contribution < 1.29 is 0 Å². The molecule has 0 radical (unpaired) electrons. The number of nitrogens with one attached hydrogen (secondary N) is 1. The fourth-order valence-electron chi connectivity index (χ4n) is 2.64. The summed E-state index contributed by atoms with van der Waals surface area (Å²) in [4.78, 5) is 8.82. The van der Waals surface area contributed by atoms with E-state index in [4.69, 9.17) is 11.6 Å². The molecule has 2 rings (SSSR count). The molecule has 1 fully saturated rings. The lowest BCUT2D eigenvalue weighted by molar-refractivity contribution is 0.300. The van der Waals surface area contributed by atoms with Crippen molar-refractivity contribution in [3.05, 3.63) is 16.5 Å². The normalized spacial score (nSPS) is 23.4. The first kappa shape index (κ1) is 14.6. The van der Waals surface area contributed by atoms with Crippen LogP contribution in [-0.2, 0) is 6.42 Å². The van der Waals surface area contributed by atoms with Gasteiger partial charge in [-0.2, -0.15) is 0 Å². The van der Waals surface area contributed by atoms with Crippen molar-refractivity contribution in [3.8, 4) is 0 Å². The van der Waals surface area contributed by atoms with Gasteiger partial charge >= 0.3 is 0 Å². The molecule has 0 unspecified atom stereocenters. The number of hydrogen-bond donors (Lipinski definition) is 1. The van der Waals surface area contributed by atoms with Crippen molar-refractivity contribution in [3.63, 3.8) is 0 Å². The first-order valence-corrected chi connectivity index (χ1v) is 7.74. The van der Waals surface area contributed by atoms with Crippen LogP contribution in [0.15, 0.2) is 0 Å². The minimum Gasteiger partial charge on any atom is -0.369 e. The molecule has 1 aliphatic carbocycles. The Morgan fingerprint density at radius 1 is 1.21 bits per heavy atom. The molecule has 0 atom stereocenters. The van der Waals surface area contributed by atoms with Gasteiger partial charge in [0.05, 0.1) is 0 Å². The van der Waals surface area contributed by atoms with Crippen LogP contribution in [-0.4, -0.2) is 16.5 Å². The van der Waals surface area contributed by atoms with Crippen LogP contribution in [0.3, 0.4) is 0 Å². The van der Waals surface area contributed by atoms with Crippen LogP contribution in [0.4, 0.5) is 5.82 Å². The van der Waals surface area contributed by atoms with Gasteiger partial charge in [-0.1, -0.05) is 38.3 Å². The second-order valence-corrected chi connectivity index (χ2v) is 6.12. The molecule has 19 heavy (non-hydrogen) atoms. The standard InChI is InChI=1S/C15H24ClN3/c1-4-13-18-14(16)11(3)15(19-13)17-9-12-7-5-10(2)6-8-12/h10,12H,4-9H2,1-3H3,(H,17,18,19). The Balaban J connectivity index is 1.97. The fourth-order valence-corrected chi connectivity index (χ4v) is 2.82. The van der Waals surface area contributed by atoms with E-state index in [-0.39, 0.29) is 0 Å². The van der Waals surface area contributed by atoms with Crippen LogP contribution in [0.5, 0.6) is 0 Å². The van der Waals surface area contributed by atoms with Crippen molar-refractivity contribution in [1.82, 2.24) is 9.97 Å². The maximum atomic E-state index is 6.15. The Labute approximate surface area is 121 Å². The van der Waals surface area contributed by atoms with Gasteiger partial charge in [-0.15, -0.1) is 0 Å². The smallest absolute Gasteiger partial charge is 0.137 e. The van der Waals surface area contributed by atoms with E-state index in [1.807, 2.05) is 13.8 Å². The van der Waals surface area contributed by atoms with E-state index in [1.54, 1.807) is 0 Å². The van der Waals surface area contributed by atoms with E-state index in [0.717, 1.165) is 42.0 Å². The Morgan fingerprint density at radius 2 is 1.89 bits per heavy atom. The Hall–Kier alpha value is -0.830. The molecule has 1 heterocycles. The third-order valence-corrected chi connectivity index (χ3v) is 4.51. The molecule has 4 heteroatoms. The summed E-state index contributed by atoms with van der Waals surface area (Å²) in [5.41, 5.74) is 0.961. The topological polar surface area (TPSA) is 37.8 Å². The lowest BCUT2D eigenvalue weighted by Crippen LogP contribution is -2.21. The van der Waals surface area contributed by atoms with Gasteiger partial charge in [-0.25, -0.2) is 9.97 Å². The van der Waals surface area contributed by atoms with Crippen LogP contribution in [0.2, 0.25) is 5.15 Å². The van der Waals surface area contributed by atoms with E-state index in [2.05, 4.69) is 22.2 Å². The van der Waals surface area contributed by atoms with Crippen molar-refractivity contribution in [2.75, 3.05) is 11.9 Å². The van der Waals surface area contributed by atoms with Crippen molar-refractivity contribution >= 4 is 17.4 Å². The molecule has 1 aromatic rings. The van der Waals surface area contributed by atoms with E-state index >= 15 is 0 Å². The summed E-state index contributed by atoms with van der Waals surface area (Å²) < 4.78 is 0. The lowest BCUT2D eigenvalue weighted by atomic mass is 9.83. The molecule has 1 N–H and O–H groups in total. The quantitative estimate of drug-likeness (QED) is 0.839. The molecule has 106 valence electrons. The van der Waals surface area contributed by atoms with Gasteiger partial charge in [-0.3, -0.25) is 0 Å². The third kappa shape index (κ3) is 3.82. The molecule has 0 spiro atoms. The van der Waals surface area contributed by atoms with Crippen molar-refractivity contribution in [2.45, 2.75) is 52.9 Å². The first-order valence-electron chi connectivity index (χ1n) is 7.37. The maximum absolute atomic E-state index is 6.15. The summed E-state index contributed by atoms with van der Waals surface area (Å²) >= 11 is 6.15. The van der Waals surface area contributed by atoms with Gasteiger partial charge < -0.3 is 5.32 Å². The number of rotatable bonds is 4. The number of anilines is 1. The number of hydrogen-bond acceptors (Lipinski definition) is 3. The highest BCUT2D eigenvalue weighted by atomic mass is 35.5. The highest BCUT2D eigenvalue weighted by Crippen LogP contribution is 2.29. The van der Waals surface area contributed by atoms with E-state index < -0.39 is 0 Å². The van der Waals surface area contributed by atoms with Crippen LogP contribution in [0.1, 0.15) is 50.9 Å². The minimum atomic E-state index is 0.576. The Bertz CT molecular complexity index is 426. The van der Waals surface area contributed by atoms with Crippen LogP contribution >= 0.6 is 11.6 Å². The van der Waals surface area contributed by atoms with Crippen molar-refractivity contribution in [2.24, 2.45) is 11.8 Å². The highest BCUT2D eigenvalue weighted by molar-refractivity contribution is 6.30. The molecule has 0 aromatic carbocycles. The van der Waals surface area contributed by atoms with Gasteiger partial charge in [0.15, 0.2) is 0 Å². The second kappa shape index (κ2) is 6.56. The third-order valence-electron chi connectivity index (χ3n) is 4.14. The summed E-state index contributed by atoms with van der Waals surface area (Å²) in [5, 5.41) is 4.05. The number of aromatic nitrogens is 2. The van der Waals surface area contributed by atoms with Gasteiger partial charge in [-0.05, 0) is 31.6 Å². The average Bonchev–Trinajstić information content (AvgIpc) is 2.42. The average molecular weight is 282 g/mol. The molecular formula is C15H24ClN3. The summed E-state index contributed by atoms with van der Waals surface area (Å²) in [6.45, 7) is 7.38. The largest absolute Gasteiger partial charge is 0.369 e. The molecule has 3 nitrogen and oxygen atoms in total. The van der Waals surface area contributed by atoms with E-state index in [9.17, 15) is 0 Å². The zero-order chi connectivity index (χ0) is 13.8. The molecular weight excluding hydrogens is 258 g/mol. The van der Waals surface area contributed by atoms with Crippen LogP contribution in [0, 0.1) is 18.8 Å². The van der Waals surface area contributed by atoms with Gasteiger partial charge in [0.25, 0.3) is 0 Å². The minimum absolute atomic E-state index is 0.576. The number of aryl methyl sites for hydroxylation is 1. The molecule has 0 aliphatic heterocycles. The Morgan fingerprint density at radius 3 is 2.53 bits per heavy atom. The molecule has 1 saturated carbocycles. The predicted octanol–water partition coefficient (Wildman–Crippen LogP) is 4.24. The summed E-state index contributed by atoms with van der Waals surface area (Å²) in [5.74, 6) is 3.40. The highest BCUT2D eigenvalue weighted by Gasteiger charge is 2.18.